The van der Waals surface area contributed by atoms with Crippen LogP contribution in [-0.2, 0) is 4.79 Å². The zero-order chi connectivity index (χ0) is 11.8. The Balaban J connectivity index is 2.14. The third kappa shape index (κ3) is 1.70. The maximum Gasteiger partial charge on any atom is 0.229 e. The van der Waals surface area contributed by atoms with Gasteiger partial charge in [-0.05, 0) is 32.6 Å². The molecular weight excluding hydrogens is 198 g/mol. The van der Waals surface area contributed by atoms with Crippen LogP contribution < -0.4 is 0 Å². The topological polar surface area (TPSA) is 20.3 Å². The van der Waals surface area contributed by atoms with E-state index in [1.54, 1.807) is 6.08 Å². The van der Waals surface area contributed by atoms with E-state index in [0.717, 1.165) is 25.7 Å². The minimum absolute atomic E-state index is 0.0525. The molecule has 2 atom stereocenters. The Labute approximate surface area is 98.0 Å². The Kier molecular flexibility index (Phi) is 2.92. The number of hydrogen-bond acceptors (Lipinski definition) is 1. The summed E-state index contributed by atoms with van der Waals surface area (Å²) < 4.78 is 0. The van der Waals surface area contributed by atoms with Crippen molar-refractivity contribution in [1.29, 1.82) is 0 Å². The largest absolute Gasteiger partial charge is 0.333 e. The van der Waals surface area contributed by atoms with Crippen molar-refractivity contribution in [2.75, 3.05) is 0 Å². The number of likely N-dealkylation sites (tertiary alicyclic amines) is 1. The number of carbonyl (C=O) groups is 1. The molecule has 1 saturated carbocycles. The van der Waals surface area contributed by atoms with Crippen molar-refractivity contribution in [3.63, 3.8) is 0 Å². The van der Waals surface area contributed by atoms with Crippen molar-refractivity contribution in [2.45, 2.75) is 51.6 Å². The van der Waals surface area contributed by atoms with Crippen molar-refractivity contribution >= 4 is 5.91 Å². The summed E-state index contributed by atoms with van der Waals surface area (Å²) in [5.41, 5.74) is 0.0525. The molecule has 1 aliphatic heterocycles. The van der Waals surface area contributed by atoms with Crippen LogP contribution in [0.15, 0.2) is 24.8 Å². The van der Waals surface area contributed by atoms with Gasteiger partial charge in [0.15, 0.2) is 0 Å². The predicted molar refractivity (Wildman–Crippen MR) is 66.0 cm³/mol. The summed E-state index contributed by atoms with van der Waals surface area (Å²) in [6, 6.07) is 0.648. The summed E-state index contributed by atoms with van der Waals surface area (Å²) in [6.07, 6.45) is 10.1. The molecule has 1 heterocycles. The minimum Gasteiger partial charge on any atom is -0.333 e. The quantitative estimate of drug-likeness (QED) is 0.666. The van der Waals surface area contributed by atoms with Gasteiger partial charge in [0, 0.05) is 12.1 Å². The Hall–Kier alpha value is -1.05. The van der Waals surface area contributed by atoms with Gasteiger partial charge in [-0.2, -0.15) is 0 Å². The second-order valence-electron chi connectivity index (χ2n) is 5.12. The summed E-state index contributed by atoms with van der Waals surface area (Å²) in [5.74, 6) is 0.389. The second kappa shape index (κ2) is 4.08. The predicted octanol–water partition coefficient (Wildman–Crippen LogP) is 2.91. The van der Waals surface area contributed by atoms with E-state index in [1.807, 2.05) is 6.08 Å². The first kappa shape index (κ1) is 11.4. The van der Waals surface area contributed by atoms with Crippen molar-refractivity contribution in [3.8, 4) is 0 Å². The average molecular weight is 219 g/mol. The molecule has 2 heteroatoms. The number of carbonyl (C=O) groups excluding carboxylic acids is 1. The molecule has 88 valence electrons. The lowest BCUT2D eigenvalue weighted by Crippen LogP contribution is -2.40. The van der Waals surface area contributed by atoms with E-state index in [0.29, 0.717) is 11.9 Å². The van der Waals surface area contributed by atoms with Gasteiger partial charge in [0.25, 0.3) is 0 Å². The molecule has 1 saturated heterocycles. The molecule has 1 aliphatic carbocycles. The van der Waals surface area contributed by atoms with E-state index in [9.17, 15) is 4.79 Å². The molecule has 0 radical (unpaired) electrons. The summed E-state index contributed by atoms with van der Waals surface area (Å²) >= 11 is 0. The van der Waals surface area contributed by atoms with Gasteiger partial charge in [0.2, 0.25) is 5.91 Å². The van der Waals surface area contributed by atoms with E-state index < -0.39 is 0 Å². The van der Waals surface area contributed by atoms with E-state index in [2.05, 4.69) is 31.4 Å². The first-order chi connectivity index (χ1) is 7.64. The fourth-order valence-corrected chi connectivity index (χ4v) is 2.84. The van der Waals surface area contributed by atoms with Crippen molar-refractivity contribution in [1.82, 2.24) is 4.90 Å². The van der Waals surface area contributed by atoms with Crippen LogP contribution >= 0.6 is 0 Å². The van der Waals surface area contributed by atoms with Gasteiger partial charge in [-0.3, -0.25) is 4.79 Å². The molecule has 2 aliphatic rings. The van der Waals surface area contributed by atoms with Gasteiger partial charge in [-0.1, -0.05) is 31.7 Å². The number of rotatable bonds is 4. The maximum absolute atomic E-state index is 12.3. The van der Waals surface area contributed by atoms with Crippen molar-refractivity contribution in [3.05, 3.63) is 24.8 Å². The highest BCUT2D eigenvalue weighted by molar-refractivity contribution is 5.88. The van der Waals surface area contributed by atoms with Gasteiger partial charge in [-0.15, -0.1) is 0 Å². The molecule has 0 aromatic rings. The van der Waals surface area contributed by atoms with E-state index >= 15 is 0 Å². The Morgan fingerprint density at radius 1 is 1.62 bits per heavy atom. The van der Waals surface area contributed by atoms with Crippen LogP contribution in [0.5, 0.6) is 0 Å². The Bertz CT molecular complexity index is 328. The molecule has 2 fully saturated rings. The minimum atomic E-state index is 0.0525. The molecule has 0 N–H and O–H groups in total. The lowest BCUT2D eigenvalue weighted by atomic mass is 10.0. The van der Waals surface area contributed by atoms with Crippen LogP contribution in [-0.4, -0.2) is 22.9 Å². The van der Waals surface area contributed by atoms with Crippen LogP contribution in [0, 0.1) is 5.41 Å². The number of nitrogens with zero attached hydrogens (tertiary/aromatic N) is 1. The summed E-state index contributed by atoms with van der Waals surface area (Å²) in [6.45, 7) is 7.94. The zero-order valence-electron chi connectivity index (χ0n) is 10.3. The van der Waals surface area contributed by atoms with Crippen LogP contribution in [0.3, 0.4) is 0 Å². The zero-order valence-corrected chi connectivity index (χ0v) is 10.3. The Morgan fingerprint density at radius 3 is 2.81 bits per heavy atom. The SMILES string of the molecule is C=C/C=C/[C@@H](C)N1C(=O)C2(CC2)C[C@H]1CC. The van der Waals surface area contributed by atoms with Gasteiger partial charge in [0.1, 0.15) is 0 Å². The van der Waals surface area contributed by atoms with Crippen LogP contribution in [0.2, 0.25) is 0 Å². The molecule has 0 bridgehead atoms. The highest BCUT2D eigenvalue weighted by Gasteiger charge is 2.59. The summed E-state index contributed by atoms with van der Waals surface area (Å²) in [5, 5.41) is 0. The number of amides is 1. The van der Waals surface area contributed by atoms with Gasteiger partial charge in [-0.25, -0.2) is 0 Å². The molecule has 1 amide bonds. The lowest BCUT2D eigenvalue weighted by Gasteiger charge is -2.28. The smallest absolute Gasteiger partial charge is 0.229 e. The highest BCUT2D eigenvalue weighted by Crippen LogP contribution is 2.56. The fourth-order valence-electron chi connectivity index (χ4n) is 2.84. The number of allylic oxidation sites excluding steroid dienone is 2. The first-order valence-corrected chi connectivity index (χ1v) is 6.26. The van der Waals surface area contributed by atoms with Crippen LogP contribution in [0.4, 0.5) is 0 Å². The first-order valence-electron chi connectivity index (χ1n) is 6.26. The molecule has 0 unspecified atom stereocenters. The number of hydrogen-bond donors (Lipinski definition) is 0. The summed E-state index contributed by atoms with van der Waals surface area (Å²) in [4.78, 5) is 14.4. The normalized spacial score (nSPS) is 29.0. The standard InChI is InChI=1S/C14H21NO/c1-4-6-7-11(3)15-12(5-2)10-14(8-9-14)13(15)16/h4,6-7,11-12H,1,5,8-10H2,2-3H3/b7-6+/t11-,12-/m1/s1. The van der Waals surface area contributed by atoms with Gasteiger partial charge in [0.05, 0.1) is 5.41 Å². The monoisotopic (exact) mass is 219 g/mol. The highest BCUT2D eigenvalue weighted by atomic mass is 16.2. The van der Waals surface area contributed by atoms with Crippen molar-refractivity contribution < 1.29 is 4.79 Å². The van der Waals surface area contributed by atoms with E-state index in [1.165, 1.54) is 0 Å². The Morgan fingerprint density at radius 2 is 2.31 bits per heavy atom. The fraction of sp³-hybridized carbons (Fsp3) is 0.643. The van der Waals surface area contributed by atoms with E-state index in [4.69, 9.17) is 0 Å². The van der Waals surface area contributed by atoms with E-state index in [-0.39, 0.29) is 11.5 Å². The van der Waals surface area contributed by atoms with Gasteiger partial charge < -0.3 is 4.90 Å². The third-order valence-electron chi connectivity index (χ3n) is 4.00. The molecule has 1 spiro atoms. The summed E-state index contributed by atoms with van der Waals surface area (Å²) in [7, 11) is 0. The van der Waals surface area contributed by atoms with Gasteiger partial charge >= 0.3 is 0 Å². The molecule has 2 nitrogen and oxygen atoms in total. The lowest BCUT2D eigenvalue weighted by molar-refractivity contribution is -0.134. The molecule has 0 aromatic carbocycles. The molecule has 2 rings (SSSR count). The van der Waals surface area contributed by atoms with Crippen molar-refractivity contribution in [2.24, 2.45) is 5.41 Å². The second-order valence-corrected chi connectivity index (χ2v) is 5.12. The van der Waals surface area contributed by atoms with Crippen LogP contribution in [0.25, 0.3) is 0 Å². The van der Waals surface area contributed by atoms with Crippen LogP contribution in [0.1, 0.15) is 39.5 Å². The maximum atomic E-state index is 12.3. The molecular formula is C14H21NO. The molecule has 16 heavy (non-hydrogen) atoms. The average Bonchev–Trinajstić information content (AvgIpc) is 2.99. The third-order valence-corrected chi connectivity index (χ3v) is 4.00. The molecule has 0 aromatic heterocycles.